The standard InChI is InChI=1S/C15H14N2S/c1-11(16-12-7-3-2-4-8-12)15-17-13-9-5-6-10-14(13)18-15/h2-11,16H,1H3. The van der Waals surface area contributed by atoms with E-state index in [1.165, 1.54) is 4.70 Å². The van der Waals surface area contributed by atoms with Crippen molar-refractivity contribution >= 4 is 27.2 Å². The van der Waals surface area contributed by atoms with E-state index in [-0.39, 0.29) is 6.04 Å². The zero-order valence-corrected chi connectivity index (χ0v) is 10.9. The smallest absolute Gasteiger partial charge is 0.116 e. The summed E-state index contributed by atoms with van der Waals surface area (Å²) in [5.74, 6) is 0. The van der Waals surface area contributed by atoms with E-state index in [1.807, 2.05) is 24.3 Å². The third kappa shape index (κ3) is 2.22. The highest BCUT2D eigenvalue weighted by Gasteiger charge is 2.10. The number of thiazole rings is 1. The van der Waals surface area contributed by atoms with Gasteiger partial charge in [-0.25, -0.2) is 4.98 Å². The summed E-state index contributed by atoms with van der Waals surface area (Å²) in [5.41, 5.74) is 2.21. The van der Waals surface area contributed by atoms with Gasteiger partial charge in [0, 0.05) is 5.69 Å². The number of benzene rings is 2. The summed E-state index contributed by atoms with van der Waals surface area (Å²) in [6.45, 7) is 2.14. The Hall–Kier alpha value is -1.87. The number of anilines is 1. The van der Waals surface area contributed by atoms with E-state index in [4.69, 9.17) is 0 Å². The first-order chi connectivity index (χ1) is 8.83. The van der Waals surface area contributed by atoms with Crippen LogP contribution >= 0.6 is 11.3 Å². The summed E-state index contributed by atoms with van der Waals surface area (Å²) < 4.78 is 1.24. The Morgan fingerprint density at radius 2 is 1.72 bits per heavy atom. The van der Waals surface area contributed by atoms with Crippen LogP contribution < -0.4 is 5.32 Å². The monoisotopic (exact) mass is 254 g/mol. The first-order valence-electron chi connectivity index (χ1n) is 6.00. The quantitative estimate of drug-likeness (QED) is 0.746. The predicted molar refractivity (Wildman–Crippen MR) is 78.1 cm³/mol. The van der Waals surface area contributed by atoms with E-state index in [0.717, 1.165) is 16.2 Å². The third-order valence-electron chi connectivity index (χ3n) is 2.84. The average molecular weight is 254 g/mol. The highest BCUT2D eigenvalue weighted by Crippen LogP contribution is 2.27. The van der Waals surface area contributed by atoms with Gasteiger partial charge in [-0.15, -0.1) is 11.3 Å². The molecule has 2 nitrogen and oxygen atoms in total. The summed E-state index contributed by atoms with van der Waals surface area (Å²) in [6, 6.07) is 18.7. The van der Waals surface area contributed by atoms with E-state index in [1.54, 1.807) is 11.3 Å². The maximum absolute atomic E-state index is 4.66. The lowest BCUT2D eigenvalue weighted by Gasteiger charge is -2.12. The number of para-hydroxylation sites is 2. The maximum atomic E-state index is 4.66. The van der Waals surface area contributed by atoms with Gasteiger partial charge in [-0.05, 0) is 31.2 Å². The number of nitrogens with zero attached hydrogens (tertiary/aromatic N) is 1. The normalized spacial score (nSPS) is 12.5. The fourth-order valence-corrected chi connectivity index (χ4v) is 2.89. The number of hydrogen-bond acceptors (Lipinski definition) is 3. The minimum atomic E-state index is 0.227. The average Bonchev–Trinajstić information content (AvgIpc) is 2.84. The zero-order chi connectivity index (χ0) is 12.4. The van der Waals surface area contributed by atoms with Crippen molar-refractivity contribution in [2.45, 2.75) is 13.0 Å². The van der Waals surface area contributed by atoms with Crippen molar-refractivity contribution in [2.24, 2.45) is 0 Å². The van der Waals surface area contributed by atoms with Crippen LogP contribution in [0.25, 0.3) is 10.2 Å². The molecule has 1 heterocycles. The lowest BCUT2D eigenvalue weighted by Crippen LogP contribution is -2.05. The van der Waals surface area contributed by atoms with Crippen molar-refractivity contribution in [3.8, 4) is 0 Å². The summed E-state index contributed by atoms with van der Waals surface area (Å²) in [6.07, 6.45) is 0. The maximum Gasteiger partial charge on any atom is 0.116 e. The van der Waals surface area contributed by atoms with Crippen LogP contribution in [0.1, 0.15) is 18.0 Å². The molecule has 90 valence electrons. The van der Waals surface area contributed by atoms with Gasteiger partial charge in [0.25, 0.3) is 0 Å². The van der Waals surface area contributed by atoms with Crippen LogP contribution in [0.4, 0.5) is 5.69 Å². The molecule has 0 amide bonds. The molecule has 0 saturated carbocycles. The molecule has 0 aliphatic rings. The number of aromatic nitrogens is 1. The SMILES string of the molecule is CC(Nc1ccccc1)c1nc2ccccc2s1. The van der Waals surface area contributed by atoms with Crippen LogP contribution in [0.2, 0.25) is 0 Å². The molecular formula is C15H14N2S. The molecule has 3 heteroatoms. The summed E-state index contributed by atoms with van der Waals surface area (Å²) >= 11 is 1.75. The molecule has 3 rings (SSSR count). The Bertz CT molecular complexity index is 613. The van der Waals surface area contributed by atoms with E-state index >= 15 is 0 Å². The van der Waals surface area contributed by atoms with Crippen molar-refractivity contribution < 1.29 is 0 Å². The fraction of sp³-hybridized carbons (Fsp3) is 0.133. The van der Waals surface area contributed by atoms with Crippen LogP contribution in [-0.2, 0) is 0 Å². The zero-order valence-electron chi connectivity index (χ0n) is 10.1. The van der Waals surface area contributed by atoms with Gasteiger partial charge in [-0.3, -0.25) is 0 Å². The van der Waals surface area contributed by atoms with Gasteiger partial charge in [0.05, 0.1) is 16.3 Å². The molecule has 0 fully saturated rings. The van der Waals surface area contributed by atoms with Gasteiger partial charge in [0.2, 0.25) is 0 Å². The summed E-state index contributed by atoms with van der Waals surface area (Å²) in [4.78, 5) is 4.66. The van der Waals surface area contributed by atoms with E-state index in [0.29, 0.717) is 0 Å². The first-order valence-corrected chi connectivity index (χ1v) is 6.81. The van der Waals surface area contributed by atoms with E-state index < -0.39 is 0 Å². The molecule has 0 saturated heterocycles. The van der Waals surface area contributed by atoms with Gasteiger partial charge in [-0.2, -0.15) is 0 Å². The summed E-state index contributed by atoms with van der Waals surface area (Å²) in [5, 5.41) is 4.59. The lowest BCUT2D eigenvalue weighted by molar-refractivity contribution is 0.874. The fourth-order valence-electron chi connectivity index (χ4n) is 1.92. The topological polar surface area (TPSA) is 24.9 Å². The molecule has 1 N–H and O–H groups in total. The van der Waals surface area contributed by atoms with Crippen LogP contribution in [0.15, 0.2) is 54.6 Å². The predicted octanol–water partition coefficient (Wildman–Crippen LogP) is 4.47. The van der Waals surface area contributed by atoms with Crippen molar-refractivity contribution in [3.63, 3.8) is 0 Å². The molecule has 0 aliphatic carbocycles. The minimum absolute atomic E-state index is 0.227. The van der Waals surface area contributed by atoms with Crippen molar-refractivity contribution in [2.75, 3.05) is 5.32 Å². The Morgan fingerprint density at radius 1 is 1.00 bits per heavy atom. The first kappa shape index (κ1) is 11.2. The van der Waals surface area contributed by atoms with Crippen LogP contribution in [0.3, 0.4) is 0 Å². The number of fused-ring (bicyclic) bond motifs is 1. The Morgan fingerprint density at radius 3 is 2.50 bits per heavy atom. The Labute approximate surface area is 110 Å². The number of rotatable bonds is 3. The minimum Gasteiger partial charge on any atom is -0.376 e. The molecule has 0 radical (unpaired) electrons. The van der Waals surface area contributed by atoms with Gasteiger partial charge >= 0.3 is 0 Å². The van der Waals surface area contributed by atoms with Crippen molar-refractivity contribution in [3.05, 3.63) is 59.6 Å². The van der Waals surface area contributed by atoms with Gasteiger partial charge in [0.1, 0.15) is 5.01 Å². The van der Waals surface area contributed by atoms with Crippen LogP contribution in [0.5, 0.6) is 0 Å². The molecule has 1 aromatic heterocycles. The number of nitrogens with one attached hydrogen (secondary N) is 1. The second-order valence-electron chi connectivity index (χ2n) is 4.25. The Balaban J connectivity index is 1.86. The molecule has 0 aliphatic heterocycles. The second-order valence-corrected chi connectivity index (χ2v) is 5.31. The molecular weight excluding hydrogens is 240 g/mol. The molecule has 0 bridgehead atoms. The molecule has 0 spiro atoms. The van der Waals surface area contributed by atoms with Gasteiger partial charge in [-0.1, -0.05) is 30.3 Å². The molecule has 1 atom stereocenters. The second kappa shape index (κ2) is 4.78. The van der Waals surface area contributed by atoms with E-state index in [2.05, 4.69) is 47.6 Å². The molecule has 2 aromatic carbocycles. The molecule has 1 unspecified atom stereocenters. The van der Waals surface area contributed by atoms with Crippen molar-refractivity contribution in [1.29, 1.82) is 0 Å². The van der Waals surface area contributed by atoms with Gasteiger partial charge in [0.15, 0.2) is 0 Å². The number of hydrogen-bond donors (Lipinski definition) is 1. The Kier molecular flexibility index (Phi) is 2.99. The van der Waals surface area contributed by atoms with Crippen LogP contribution in [0, 0.1) is 0 Å². The van der Waals surface area contributed by atoms with Gasteiger partial charge < -0.3 is 5.32 Å². The lowest BCUT2D eigenvalue weighted by atomic mass is 10.3. The van der Waals surface area contributed by atoms with Crippen LogP contribution in [-0.4, -0.2) is 4.98 Å². The largest absolute Gasteiger partial charge is 0.376 e. The highest BCUT2D eigenvalue weighted by atomic mass is 32.1. The molecule has 18 heavy (non-hydrogen) atoms. The third-order valence-corrected chi connectivity index (χ3v) is 4.06. The van der Waals surface area contributed by atoms with E-state index in [9.17, 15) is 0 Å². The highest BCUT2D eigenvalue weighted by molar-refractivity contribution is 7.18. The van der Waals surface area contributed by atoms with Crippen molar-refractivity contribution in [1.82, 2.24) is 4.98 Å². The molecule has 3 aromatic rings. The summed E-state index contributed by atoms with van der Waals surface area (Å²) in [7, 11) is 0.